The fraction of sp³-hybridized carbons (Fsp3) is 0.737. The number of rotatable bonds is 3. The van der Waals surface area contributed by atoms with Crippen LogP contribution in [-0.4, -0.2) is 26.5 Å². The van der Waals surface area contributed by atoms with E-state index in [2.05, 4.69) is 6.92 Å². The first-order valence-electron chi connectivity index (χ1n) is 9.33. The van der Waals surface area contributed by atoms with E-state index in [9.17, 15) is 14.7 Å². The molecule has 6 nitrogen and oxygen atoms in total. The lowest BCUT2D eigenvalue weighted by molar-refractivity contribution is -0.0632. The third kappa shape index (κ3) is 2.49. The lowest BCUT2D eigenvalue weighted by atomic mass is 9.48. The molecule has 0 radical (unpaired) electrons. The smallest absolute Gasteiger partial charge is 0.333 e. The van der Waals surface area contributed by atoms with E-state index in [1.807, 2.05) is 0 Å². The van der Waals surface area contributed by atoms with Crippen molar-refractivity contribution in [2.24, 2.45) is 42.3 Å². The van der Waals surface area contributed by atoms with Gasteiger partial charge < -0.3 is 5.11 Å². The molecule has 4 aliphatic rings. The molecule has 0 amide bonds. The highest BCUT2D eigenvalue weighted by atomic mass is 16.3. The Labute approximate surface area is 147 Å². The van der Waals surface area contributed by atoms with Gasteiger partial charge in [-0.05, 0) is 68.6 Å². The molecule has 0 aromatic carbocycles. The summed E-state index contributed by atoms with van der Waals surface area (Å²) in [6.07, 6.45) is 9.38. The molecule has 4 fully saturated rings. The summed E-state index contributed by atoms with van der Waals surface area (Å²) in [6, 6.07) is 0.127. The normalized spacial score (nSPS) is 34.8. The molecule has 0 aliphatic heterocycles. The highest BCUT2D eigenvalue weighted by molar-refractivity contribution is 5.82. The van der Waals surface area contributed by atoms with Crippen LogP contribution in [0.3, 0.4) is 0 Å². The summed E-state index contributed by atoms with van der Waals surface area (Å²) in [6.45, 7) is 2.15. The fourth-order valence-corrected chi connectivity index (χ4v) is 6.01. The monoisotopic (exact) mass is 345 g/mol. The summed E-state index contributed by atoms with van der Waals surface area (Å²) in [4.78, 5) is 28.9. The first-order valence-corrected chi connectivity index (χ1v) is 9.33. The molecule has 4 saturated carbocycles. The molecule has 4 aliphatic carbocycles. The highest BCUT2D eigenvalue weighted by Gasteiger charge is 2.53. The Bertz CT molecular complexity index is 813. The van der Waals surface area contributed by atoms with Crippen LogP contribution >= 0.6 is 0 Å². The summed E-state index contributed by atoms with van der Waals surface area (Å²) >= 11 is 0. The molecule has 6 heteroatoms. The number of aliphatic imine (C=N–C) groups is 1. The Morgan fingerprint density at radius 2 is 1.60 bits per heavy atom. The molecule has 1 heterocycles. The van der Waals surface area contributed by atoms with Crippen molar-refractivity contribution >= 4 is 6.21 Å². The van der Waals surface area contributed by atoms with Gasteiger partial charge in [-0.3, -0.25) is 18.9 Å². The lowest BCUT2D eigenvalue weighted by Crippen LogP contribution is -2.50. The first kappa shape index (κ1) is 16.6. The lowest BCUT2D eigenvalue weighted by Gasteiger charge is -2.58. The van der Waals surface area contributed by atoms with E-state index in [0.717, 1.165) is 26.9 Å². The van der Waals surface area contributed by atoms with E-state index in [-0.39, 0.29) is 22.9 Å². The van der Waals surface area contributed by atoms with Gasteiger partial charge >= 0.3 is 5.69 Å². The molecule has 4 bridgehead atoms. The largest absolute Gasteiger partial charge is 0.494 e. The minimum Gasteiger partial charge on any atom is -0.494 e. The maximum Gasteiger partial charge on any atom is 0.333 e. The number of aromatic hydroxyl groups is 1. The van der Waals surface area contributed by atoms with Crippen molar-refractivity contribution in [1.29, 1.82) is 0 Å². The quantitative estimate of drug-likeness (QED) is 0.849. The van der Waals surface area contributed by atoms with Gasteiger partial charge in [0.05, 0.1) is 6.04 Å². The van der Waals surface area contributed by atoms with E-state index in [1.54, 1.807) is 0 Å². The van der Waals surface area contributed by atoms with Crippen LogP contribution in [0.2, 0.25) is 0 Å². The Morgan fingerprint density at radius 1 is 1.08 bits per heavy atom. The van der Waals surface area contributed by atoms with Crippen LogP contribution in [0, 0.1) is 23.2 Å². The minimum absolute atomic E-state index is 0.0983. The number of hydrogen-bond acceptors (Lipinski definition) is 4. The van der Waals surface area contributed by atoms with Gasteiger partial charge in [0.25, 0.3) is 5.56 Å². The molecule has 1 atom stereocenters. The van der Waals surface area contributed by atoms with Crippen LogP contribution in [0.25, 0.3) is 0 Å². The van der Waals surface area contributed by atoms with E-state index in [4.69, 9.17) is 4.99 Å². The summed E-state index contributed by atoms with van der Waals surface area (Å²) in [5.41, 5.74) is -0.677. The van der Waals surface area contributed by atoms with E-state index >= 15 is 0 Å². The number of nitrogens with zero attached hydrogens (tertiary/aromatic N) is 3. The van der Waals surface area contributed by atoms with Gasteiger partial charge in [0.2, 0.25) is 5.88 Å². The molecule has 5 rings (SSSR count). The van der Waals surface area contributed by atoms with Gasteiger partial charge in [0.15, 0.2) is 0 Å². The van der Waals surface area contributed by atoms with Gasteiger partial charge in [-0.15, -0.1) is 0 Å². The average Bonchev–Trinajstić information content (AvgIpc) is 2.57. The maximum absolute atomic E-state index is 12.3. The molecule has 0 spiro atoms. The third-order valence-electron chi connectivity index (χ3n) is 7.07. The highest BCUT2D eigenvalue weighted by Crippen LogP contribution is 2.61. The number of aromatic nitrogens is 2. The summed E-state index contributed by atoms with van der Waals surface area (Å²) in [5.74, 6) is 2.24. The summed E-state index contributed by atoms with van der Waals surface area (Å²) in [5, 5.41) is 10.2. The first-order chi connectivity index (χ1) is 11.8. The Kier molecular flexibility index (Phi) is 3.71. The molecule has 1 N–H and O–H groups in total. The molecule has 1 aromatic heterocycles. The van der Waals surface area contributed by atoms with Gasteiger partial charge in [0.1, 0.15) is 5.56 Å². The number of hydrogen-bond donors (Lipinski definition) is 1. The Morgan fingerprint density at radius 3 is 2.12 bits per heavy atom. The van der Waals surface area contributed by atoms with Gasteiger partial charge in [-0.2, -0.15) is 0 Å². The van der Waals surface area contributed by atoms with E-state index < -0.39 is 11.2 Å². The summed E-state index contributed by atoms with van der Waals surface area (Å²) in [7, 11) is 2.88. The van der Waals surface area contributed by atoms with Crippen molar-refractivity contribution in [2.75, 3.05) is 0 Å². The molecule has 136 valence electrons. The molecular formula is C19H27N3O3. The van der Waals surface area contributed by atoms with Crippen LogP contribution in [0.15, 0.2) is 14.6 Å². The second kappa shape index (κ2) is 5.58. The molecule has 25 heavy (non-hydrogen) atoms. The van der Waals surface area contributed by atoms with Crippen LogP contribution in [-0.2, 0) is 14.1 Å². The molecule has 1 aromatic rings. The van der Waals surface area contributed by atoms with E-state index in [1.165, 1.54) is 58.8 Å². The maximum atomic E-state index is 12.3. The zero-order chi connectivity index (χ0) is 17.9. The van der Waals surface area contributed by atoms with Crippen LogP contribution in [0.4, 0.5) is 0 Å². The van der Waals surface area contributed by atoms with Crippen molar-refractivity contribution in [3.8, 4) is 5.88 Å². The van der Waals surface area contributed by atoms with Crippen LogP contribution in [0.1, 0.15) is 51.0 Å². The van der Waals surface area contributed by atoms with E-state index in [0.29, 0.717) is 0 Å². The Balaban J connectivity index is 1.65. The van der Waals surface area contributed by atoms with Gasteiger partial charge in [-0.25, -0.2) is 4.79 Å². The second-order valence-corrected chi connectivity index (χ2v) is 8.68. The zero-order valence-electron chi connectivity index (χ0n) is 15.2. The van der Waals surface area contributed by atoms with Crippen molar-refractivity contribution in [2.45, 2.75) is 51.5 Å². The van der Waals surface area contributed by atoms with Crippen molar-refractivity contribution < 1.29 is 5.11 Å². The summed E-state index contributed by atoms with van der Waals surface area (Å²) < 4.78 is 2.09. The zero-order valence-corrected chi connectivity index (χ0v) is 15.2. The predicted molar refractivity (Wildman–Crippen MR) is 96.2 cm³/mol. The van der Waals surface area contributed by atoms with Gasteiger partial charge in [0, 0.05) is 20.3 Å². The molecule has 0 unspecified atom stereocenters. The van der Waals surface area contributed by atoms with Gasteiger partial charge in [-0.1, -0.05) is 0 Å². The topological polar surface area (TPSA) is 76.6 Å². The third-order valence-corrected chi connectivity index (χ3v) is 7.07. The second-order valence-electron chi connectivity index (χ2n) is 8.68. The molecular weight excluding hydrogens is 318 g/mol. The van der Waals surface area contributed by atoms with Crippen molar-refractivity contribution in [3.63, 3.8) is 0 Å². The van der Waals surface area contributed by atoms with Crippen LogP contribution < -0.4 is 11.2 Å². The predicted octanol–water partition coefficient (Wildman–Crippen LogP) is 1.81. The standard InChI is InChI=1S/C19H27N3O3/c1-11(19-7-12-4-13(8-19)6-14(5-12)9-19)20-10-15-16(23)21(2)18(25)22(3)17(15)24/h10-14,23H,4-9H2,1-3H3/t11-,12?,13?,14?,19?/m1/s1. The van der Waals surface area contributed by atoms with Crippen molar-refractivity contribution in [1.82, 2.24) is 9.13 Å². The Hall–Kier alpha value is -1.85. The fourth-order valence-electron chi connectivity index (χ4n) is 6.01. The SMILES string of the molecule is C[C@@H](N=Cc1c(O)n(C)c(=O)n(C)c1=O)C12CC3CC(CC(C3)C1)C2. The minimum atomic E-state index is -0.534. The van der Waals surface area contributed by atoms with Crippen molar-refractivity contribution in [3.05, 3.63) is 26.4 Å². The van der Waals surface area contributed by atoms with Crippen LogP contribution in [0.5, 0.6) is 5.88 Å². The molecule has 0 saturated heterocycles. The average molecular weight is 345 g/mol.